The van der Waals surface area contributed by atoms with E-state index in [1.165, 1.54) is 0 Å². The van der Waals surface area contributed by atoms with Gasteiger partial charge in [-0.25, -0.2) is 0 Å². The monoisotopic (exact) mass is 354 g/mol. The van der Waals surface area contributed by atoms with Gasteiger partial charge in [-0.2, -0.15) is 5.10 Å². The van der Waals surface area contributed by atoms with Crippen LogP contribution in [-0.2, 0) is 16.1 Å². The van der Waals surface area contributed by atoms with E-state index < -0.39 is 6.04 Å². The number of hydrogen-bond donors (Lipinski definition) is 0. The summed E-state index contributed by atoms with van der Waals surface area (Å²) >= 11 is 0. The average Bonchev–Trinajstić information content (AvgIpc) is 3.15. The Morgan fingerprint density at radius 3 is 2.73 bits per heavy atom. The van der Waals surface area contributed by atoms with Crippen molar-refractivity contribution in [3.8, 4) is 0 Å². The molecule has 2 aliphatic rings. The first-order valence-corrected chi connectivity index (χ1v) is 8.88. The second-order valence-corrected chi connectivity index (χ2v) is 6.78. The molecule has 0 radical (unpaired) electrons. The molecular weight excluding hydrogens is 332 g/mol. The number of nitrogens with zero attached hydrogens (tertiary/aromatic N) is 4. The van der Waals surface area contributed by atoms with E-state index in [0.717, 1.165) is 11.3 Å². The molecule has 0 unspecified atom stereocenters. The van der Waals surface area contributed by atoms with Crippen molar-refractivity contribution in [3.63, 3.8) is 0 Å². The summed E-state index contributed by atoms with van der Waals surface area (Å²) in [4.78, 5) is 29.6. The fourth-order valence-corrected chi connectivity index (χ4v) is 3.59. The fourth-order valence-electron chi connectivity index (χ4n) is 3.59. The number of amides is 2. The quantitative estimate of drug-likeness (QED) is 0.814. The van der Waals surface area contributed by atoms with E-state index in [4.69, 9.17) is 4.74 Å². The molecule has 0 aliphatic carbocycles. The number of aromatic nitrogens is 2. The topological polar surface area (TPSA) is 67.7 Å². The number of aryl methyl sites for hydroxylation is 1. The Labute approximate surface area is 152 Å². The smallest absolute Gasteiger partial charge is 0.254 e. The third-order valence-electron chi connectivity index (χ3n) is 4.95. The number of carbonyl (C=O) groups is 2. The maximum Gasteiger partial charge on any atom is 0.254 e. The Bertz CT molecular complexity index is 826. The fraction of sp³-hybridized carbons (Fsp3) is 0.421. The van der Waals surface area contributed by atoms with Crippen LogP contribution in [0.2, 0.25) is 0 Å². The number of hydrogen-bond acceptors (Lipinski definition) is 4. The number of carbonyl (C=O) groups excluding carboxylic acids is 2. The minimum atomic E-state index is -0.486. The summed E-state index contributed by atoms with van der Waals surface area (Å²) in [6.45, 7) is 5.02. The van der Waals surface area contributed by atoms with Crippen LogP contribution in [0.15, 0.2) is 36.5 Å². The third kappa shape index (κ3) is 3.10. The number of benzene rings is 1. The molecule has 0 spiro atoms. The highest BCUT2D eigenvalue weighted by atomic mass is 16.5. The van der Waals surface area contributed by atoms with Gasteiger partial charge in [-0.3, -0.25) is 14.3 Å². The SMILES string of the molecule is Cc1cccc(C(=O)N2Cc3ccnn3[C@@H](C(=O)N3CCOCC3)C2)c1. The van der Waals surface area contributed by atoms with Crippen LogP contribution in [0.5, 0.6) is 0 Å². The van der Waals surface area contributed by atoms with E-state index in [2.05, 4.69) is 5.10 Å². The summed E-state index contributed by atoms with van der Waals surface area (Å²) in [5, 5.41) is 4.33. The summed E-state index contributed by atoms with van der Waals surface area (Å²) in [5.41, 5.74) is 2.57. The minimum Gasteiger partial charge on any atom is -0.378 e. The van der Waals surface area contributed by atoms with E-state index in [0.29, 0.717) is 45.0 Å². The largest absolute Gasteiger partial charge is 0.378 e. The predicted octanol–water partition coefficient (Wildman–Crippen LogP) is 1.25. The summed E-state index contributed by atoms with van der Waals surface area (Å²) in [6.07, 6.45) is 1.69. The molecule has 0 N–H and O–H groups in total. The van der Waals surface area contributed by atoms with E-state index in [1.807, 2.05) is 37.3 Å². The Hall–Kier alpha value is -2.67. The van der Waals surface area contributed by atoms with Gasteiger partial charge >= 0.3 is 0 Å². The van der Waals surface area contributed by atoms with Crippen LogP contribution in [0.25, 0.3) is 0 Å². The second kappa shape index (κ2) is 6.92. The molecular formula is C19H22N4O3. The van der Waals surface area contributed by atoms with Crippen molar-refractivity contribution >= 4 is 11.8 Å². The molecule has 2 amide bonds. The zero-order valence-electron chi connectivity index (χ0n) is 14.8. The van der Waals surface area contributed by atoms with Gasteiger partial charge in [0.25, 0.3) is 5.91 Å². The Balaban J connectivity index is 1.59. The lowest BCUT2D eigenvalue weighted by molar-refractivity contribution is -0.140. The lowest BCUT2D eigenvalue weighted by atomic mass is 10.1. The summed E-state index contributed by atoms with van der Waals surface area (Å²) in [7, 11) is 0. The highest BCUT2D eigenvalue weighted by molar-refractivity contribution is 5.95. The van der Waals surface area contributed by atoms with Crippen molar-refractivity contribution in [2.45, 2.75) is 19.5 Å². The molecule has 0 bridgehead atoms. The van der Waals surface area contributed by atoms with Gasteiger partial charge in [0.2, 0.25) is 5.91 Å². The number of fused-ring (bicyclic) bond motifs is 1. The third-order valence-corrected chi connectivity index (χ3v) is 4.95. The van der Waals surface area contributed by atoms with Gasteiger partial charge in [0.15, 0.2) is 0 Å². The maximum absolute atomic E-state index is 13.0. The molecule has 4 rings (SSSR count). The Morgan fingerprint density at radius 2 is 1.96 bits per heavy atom. The minimum absolute atomic E-state index is 0.00000719. The van der Waals surface area contributed by atoms with Gasteiger partial charge in [-0.15, -0.1) is 0 Å². The van der Waals surface area contributed by atoms with Crippen molar-refractivity contribution in [2.75, 3.05) is 32.8 Å². The molecule has 7 nitrogen and oxygen atoms in total. The van der Waals surface area contributed by atoms with E-state index >= 15 is 0 Å². The molecule has 2 aliphatic heterocycles. The Morgan fingerprint density at radius 1 is 1.15 bits per heavy atom. The lowest BCUT2D eigenvalue weighted by Crippen LogP contribution is -2.50. The summed E-state index contributed by atoms with van der Waals surface area (Å²) in [5.74, 6) is -0.0547. The van der Waals surface area contributed by atoms with Crippen LogP contribution in [0.3, 0.4) is 0 Å². The van der Waals surface area contributed by atoms with Crippen molar-refractivity contribution in [2.24, 2.45) is 0 Å². The number of morpholine rings is 1. The van der Waals surface area contributed by atoms with Crippen molar-refractivity contribution in [3.05, 3.63) is 53.3 Å². The standard InChI is InChI=1S/C19H22N4O3/c1-14-3-2-4-15(11-14)18(24)22-12-16-5-6-20-23(16)17(13-22)19(25)21-7-9-26-10-8-21/h2-6,11,17H,7-10,12-13H2,1H3/t17-/m1/s1. The second-order valence-electron chi connectivity index (χ2n) is 6.78. The molecule has 136 valence electrons. The van der Waals surface area contributed by atoms with E-state index in [-0.39, 0.29) is 11.8 Å². The zero-order chi connectivity index (χ0) is 18.1. The highest BCUT2D eigenvalue weighted by Gasteiger charge is 2.36. The summed E-state index contributed by atoms with van der Waals surface area (Å²) < 4.78 is 7.10. The summed E-state index contributed by atoms with van der Waals surface area (Å²) in [6, 6.07) is 8.93. The van der Waals surface area contributed by atoms with Crippen LogP contribution in [0.4, 0.5) is 0 Å². The first-order chi connectivity index (χ1) is 12.6. The van der Waals surface area contributed by atoms with Gasteiger partial charge in [0, 0.05) is 24.8 Å². The first kappa shape index (κ1) is 16.8. The van der Waals surface area contributed by atoms with Gasteiger partial charge in [0.1, 0.15) is 6.04 Å². The van der Waals surface area contributed by atoms with Crippen molar-refractivity contribution in [1.82, 2.24) is 19.6 Å². The predicted molar refractivity (Wildman–Crippen MR) is 94.6 cm³/mol. The molecule has 7 heteroatoms. The van der Waals surface area contributed by atoms with Crippen LogP contribution >= 0.6 is 0 Å². The molecule has 1 atom stereocenters. The normalized spacial score (nSPS) is 20.0. The number of rotatable bonds is 2. The van der Waals surface area contributed by atoms with Crippen LogP contribution in [-0.4, -0.2) is 64.2 Å². The van der Waals surface area contributed by atoms with Gasteiger partial charge in [0.05, 0.1) is 32.0 Å². The molecule has 0 saturated carbocycles. The molecule has 3 heterocycles. The van der Waals surface area contributed by atoms with E-state index in [1.54, 1.807) is 20.7 Å². The van der Waals surface area contributed by atoms with Gasteiger partial charge < -0.3 is 14.5 Å². The van der Waals surface area contributed by atoms with Gasteiger partial charge in [-0.1, -0.05) is 17.7 Å². The van der Waals surface area contributed by atoms with Gasteiger partial charge in [-0.05, 0) is 25.1 Å². The number of ether oxygens (including phenoxy) is 1. The first-order valence-electron chi connectivity index (χ1n) is 8.88. The highest BCUT2D eigenvalue weighted by Crippen LogP contribution is 2.24. The molecule has 26 heavy (non-hydrogen) atoms. The van der Waals surface area contributed by atoms with Crippen LogP contribution in [0, 0.1) is 6.92 Å². The zero-order valence-corrected chi connectivity index (χ0v) is 14.8. The molecule has 1 saturated heterocycles. The maximum atomic E-state index is 13.0. The lowest BCUT2D eigenvalue weighted by Gasteiger charge is -2.37. The van der Waals surface area contributed by atoms with Crippen molar-refractivity contribution in [1.29, 1.82) is 0 Å². The molecule has 1 aromatic carbocycles. The van der Waals surface area contributed by atoms with Crippen LogP contribution in [0.1, 0.15) is 27.7 Å². The van der Waals surface area contributed by atoms with E-state index in [9.17, 15) is 9.59 Å². The van der Waals surface area contributed by atoms with Crippen molar-refractivity contribution < 1.29 is 14.3 Å². The molecule has 2 aromatic rings. The molecule has 1 fully saturated rings. The Kier molecular flexibility index (Phi) is 4.46. The molecule has 1 aromatic heterocycles. The van der Waals surface area contributed by atoms with Crippen LogP contribution < -0.4 is 0 Å². The average molecular weight is 354 g/mol.